The molecule has 0 radical (unpaired) electrons. The van der Waals surface area contributed by atoms with Crippen molar-refractivity contribution < 1.29 is 14.4 Å². The predicted octanol–water partition coefficient (Wildman–Crippen LogP) is 1.80. The summed E-state index contributed by atoms with van der Waals surface area (Å²) in [7, 11) is 0. The zero-order valence-corrected chi connectivity index (χ0v) is 14.7. The zero-order valence-electron chi connectivity index (χ0n) is 14.7. The number of nitriles is 1. The molecule has 2 N–H and O–H groups in total. The molecule has 2 fully saturated rings. The van der Waals surface area contributed by atoms with Crippen molar-refractivity contribution in [2.45, 2.75) is 50.1 Å². The lowest BCUT2D eigenvalue weighted by atomic mass is 9.87. The van der Waals surface area contributed by atoms with Crippen LogP contribution in [0.5, 0.6) is 0 Å². The summed E-state index contributed by atoms with van der Waals surface area (Å²) in [5.74, 6) is -0.930. The van der Waals surface area contributed by atoms with Gasteiger partial charge in [-0.2, -0.15) is 5.26 Å². The summed E-state index contributed by atoms with van der Waals surface area (Å²) in [5, 5.41) is 14.8. The Labute approximate surface area is 152 Å². The van der Waals surface area contributed by atoms with Gasteiger partial charge in [-0.15, -0.1) is 0 Å². The molecule has 1 aromatic carbocycles. The first-order valence-corrected chi connectivity index (χ1v) is 8.88. The van der Waals surface area contributed by atoms with Crippen molar-refractivity contribution >= 4 is 17.8 Å². The lowest BCUT2D eigenvalue weighted by molar-refractivity contribution is -0.135. The van der Waals surface area contributed by atoms with E-state index in [9.17, 15) is 19.6 Å². The summed E-state index contributed by atoms with van der Waals surface area (Å²) in [6.45, 7) is 1.43. The van der Waals surface area contributed by atoms with Crippen LogP contribution in [0.15, 0.2) is 30.3 Å². The van der Waals surface area contributed by atoms with Gasteiger partial charge in [0.25, 0.3) is 5.91 Å². The van der Waals surface area contributed by atoms with Crippen molar-refractivity contribution in [3.05, 3.63) is 35.9 Å². The third kappa shape index (κ3) is 2.92. The summed E-state index contributed by atoms with van der Waals surface area (Å²) in [6.07, 6.45) is 3.33. The molecule has 136 valence electrons. The first-order chi connectivity index (χ1) is 12.5. The van der Waals surface area contributed by atoms with Crippen LogP contribution in [0.4, 0.5) is 4.79 Å². The van der Waals surface area contributed by atoms with Crippen LogP contribution in [0, 0.1) is 11.3 Å². The molecule has 3 rings (SSSR count). The zero-order chi connectivity index (χ0) is 18.8. The molecule has 26 heavy (non-hydrogen) atoms. The van der Waals surface area contributed by atoms with Crippen LogP contribution in [0.1, 0.15) is 44.6 Å². The molecule has 2 aliphatic rings. The molecule has 7 nitrogen and oxygen atoms in total. The maximum Gasteiger partial charge on any atom is 0.325 e. The van der Waals surface area contributed by atoms with Gasteiger partial charge in [0.15, 0.2) is 0 Å². The van der Waals surface area contributed by atoms with E-state index in [0.29, 0.717) is 24.8 Å². The van der Waals surface area contributed by atoms with Crippen molar-refractivity contribution in [2.75, 3.05) is 6.54 Å². The lowest BCUT2D eigenvalue weighted by Gasteiger charge is -2.26. The maximum atomic E-state index is 13.0. The first kappa shape index (κ1) is 17.9. The number of imide groups is 1. The number of hydrogen-bond acceptors (Lipinski definition) is 4. The highest BCUT2D eigenvalue weighted by Gasteiger charge is 2.51. The summed E-state index contributed by atoms with van der Waals surface area (Å²) < 4.78 is 0. The van der Waals surface area contributed by atoms with Crippen LogP contribution in [-0.2, 0) is 15.1 Å². The van der Waals surface area contributed by atoms with Gasteiger partial charge in [-0.25, -0.2) is 4.79 Å². The molecule has 0 bridgehead atoms. The van der Waals surface area contributed by atoms with Crippen molar-refractivity contribution in [1.29, 1.82) is 5.26 Å². The number of nitrogens with zero attached hydrogens (tertiary/aromatic N) is 2. The van der Waals surface area contributed by atoms with Gasteiger partial charge in [-0.3, -0.25) is 14.5 Å². The molecule has 1 aliphatic heterocycles. The van der Waals surface area contributed by atoms with Crippen LogP contribution in [0.25, 0.3) is 0 Å². The largest absolute Gasteiger partial charge is 0.336 e. The highest BCUT2D eigenvalue weighted by Crippen LogP contribution is 2.32. The third-order valence-electron chi connectivity index (χ3n) is 5.32. The van der Waals surface area contributed by atoms with E-state index in [1.165, 1.54) is 0 Å². The molecular formula is C19H22N4O3. The number of carbonyl (C=O) groups excluding carboxylic acids is 3. The Morgan fingerprint density at radius 3 is 2.50 bits per heavy atom. The minimum Gasteiger partial charge on any atom is -0.336 e. The fourth-order valence-electron chi connectivity index (χ4n) is 3.83. The van der Waals surface area contributed by atoms with Crippen molar-refractivity contribution in [2.24, 2.45) is 0 Å². The monoisotopic (exact) mass is 354 g/mol. The Morgan fingerprint density at radius 2 is 1.92 bits per heavy atom. The molecule has 0 aromatic heterocycles. The highest BCUT2D eigenvalue weighted by atomic mass is 16.2. The number of benzene rings is 1. The van der Waals surface area contributed by atoms with E-state index in [1.54, 1.807) is 24.3 Å². The van der Waals surface area contributed by atoms with E-state index in [-0.39, 0.29) is 6.54 Å². The van der Waals surface area contributed by atoms with Gasteiger partial charge in [0, 0.05) is 0 Å². The molecule has 4 amide bonds. The normalized spacial score (nSPS) is 24.2. The van der Waals surface area contributed by atoms with Crippen LogP contribution >= 0.6 is 0 Å². The standard InChI is InChI=1S/C19H22N4O3/c1-2-19(14-8-4-3-5-9-14)16(25)23(17(26)22-19)12-15(24)21-18(13-20)10-6-7-11-18/h3-5,8-9H,2,6-7,10-12H2,1H3,(H,21,24)(H,22,26)/t19-/m0/s1. The minimum atomic E-state index is -1.15. The molecule has 1 heterocycles. The maximum absolute atomic E-state index is 13.0. The van der Waals surface area contributed by atoms with Gasteiger partial charge in [0.1, 0.15) is 17.6 Å². The molecule has 1 saturated heterocycles. The van der Waals surface area contributed by atoms with Gasteiger partial charge < -0.3 is 10.6 Å². The van der Waals surface area contributed by atoms with Crippen LogP contribution in [0.2, 0.25) is 0 Å². The summed E-state index contributed by atoms with van der Waals surface area (Å²) in [4.78, 5) is 38.7. The van der Waals surface area contributed by atoms with E-state index in [0.717, 1.165) is 17.7 Å². The van der Waals surface area contributed by atoms with Gasteiger partial charge in [-0.05, 0) is 37.7 Å². The van der Waals surface area contributed by atoms with Crippen molar-refractivity contribution in [1.82, 2.24) is 15.5 Å². The minimum absolute atomic E-state index is 0.377. The van der Waals surface area contributed by atoms with Gasteiger partial charge in [0.05, 0.1) is 6.07 Å². The second-order valence-electron chi connectivity index (χ2n) is 6.90. The van der Waals surface area contributed by atoms with Gasteiger partial charge in [-0.1, -0.05) is 37.3 Å². The molecule has 1 aromatic rings. The summed E-state index contributed by atoms with van der Waals surface area (Å²) in [5.41, 5.74) is -1.34. The molecule has 1 atom stereocenters. The smallest absolute Gasteiger partial charge is 0.325 e. The lowest BCUT2D eigenvalue weighted by Crippen LogP contribution is -2.50. The average molecular weight is 354 g/mol. The number of carbonyl (C=O) groups is 3. The van der Waals surface area contributed by atoms with Crippen LogP contribution in [-0.4, -0.2) is 34.8 Å². The Kier molecular flexibility index (Phi) is 4.68. The van der Waals surface area contributed by atoms with Crippen molar-refractivity contribution in [3.63, 3.8) is 0 Å². The second-order valence-corrected chi connectivity index (χ2v) is 6.90. The summed E-state index contributed by atoms with van der Waals surface area (Å²) in [6, 6.07) is 10.6. The van der Waals surface area contributed by atoms with E-state index < -0.39 is 28.9 Å². The molecule has 1 aliphatic carbocycles. The Morgan fingerprint density at radius 1 is 1.27 bits per heavy atom. The van der Waals surface area contributed by atoms with Crippen LogP contribution < -0.4 is 10.6 Å². The van der Waals surface area contributed by atoms with Gasteiger partial charge in [0.2, 0.25) is 5.91 Å². The average Bonchev–Trinajstić information content (AvgIpc) is 3.21. The van der Waals surface area contributed by atoms with E-state index in [4.69, 9.17) is 0 Å². The SMILES string of the molecule is CC[C@@]1(c2ccccc2)NC(=O)N(CC(=O)NC2(C#N)CCCC2)C1=O. The number of urea groups is 1. The summed E-state index contributed by atoms with van der Waals surface area (Å²) >= 11 is 0. The number of nitrogens with one attached hydrogen (secondary N) is 2. The topological polar surface area (TPSA) is 102 Å². The number of hydrogen-bond donors (Lipinski definition) is 2. The van der Waals surface area contributed by atoms with E-state index in [1.807, 2.05) is 13.0 Å². The molecule has 0 spiro atoms. The quantitative estimate of drug-likeness (QED) is 0.787. The Balaban J connectivity index is 1.77. The van der Waals surface area contributed by atoms with E-state index in [2.05, 4.69) is 16.7 Å². The third-order valence-corrected chi connectivity index (χ3v) is 5.32. The highest BCUT2D eigenvalue weighted by molar-refractivity contribution is 6.09. The number of amides is 4. The molecule has 1 saturated carbocycles. The van der Waals surface area contributed by atoms with Crippen molar-refractivity contribution in [3.8, 4) is 6.07 Å². The first-order valence-electron chi connectivity index (χ1n) is 8.88. The number of rotatable bonds is 5. The Hall–Kier alpha value is -2.88. The Bertz CT molecular complexity index is 765. The van der Waals surface area contributed by atoms with Gasteiger partial charge >= 0.3 is 6.03 Å². The fraction of sp³-hybridized carbons (Fsp3) is 0.474. The molecular weight excluding hydrogens is 332 g/mol. The second kappa shape index (κ2) is 6.79. The predicted molar refractivity (Wildman–Crippen MR) is 93.6 cm³/mol. The van der Waals surface area contributed by atoms with Crippen LogP contribution in [0.3, 0.4) is 0 Å². The molecule has 0 unspecified atom stereocenters. The van der Waals surface area contributed by atoms with E-state index >= 15 is 0 Å². The fourth-order valence-corrected chi connectivity index (χ4v) is 3.83. The molecule has 7 heteroatoms.